The van der Waals surface area contributed by atoms with Gasteiger partial charge in [0.15, 0.2) is 0 Å². The predicted molar refractivity (Wildman–Crippen MR) is 78.0 cm³/mol. The molecule has 3 heterocycles. The summed E-state index contributed by atoms with van der Waals surface area (Å²) >= 11 is 0. The normalized spacial score (nSPS) is 15.1. The highest BCUT2D eigenvalue weighted by molar-refractivity contribution is 5.88. The van der Waals surface area contributed by atoms with Crippen molar-refractivity contribution >= 4 is 17.8 Å². The van der Waals surface area contributed by atoms with Crippen molar-refractivity contribution in [3.05, 3.63) is 30.7 Å². The summed E-state index contributed by atoms with van der Waals surface area (Å²) in [4.78, 5) is 24.5. The summed E-state index contributed by atoms with van der Waals surface area (Å²) in [6.45, 7) is 2.73. The van der Waals surface area contributed by atoms with Crippen LogP contribution < -0.4 is 10.2 Å². The lowest BCUT2D eigenvalue weighted by Gasteiger charge is -2.34. The number of hydrogen-bond acceptors (Lipinski definition) is 5. The number of aromatic nitrogens is 4. The molecule has 0 saturated carbocycles. The van der Waals surface area contributed by atoms with E-state index in [2.05, 4.69) is 25.3 Å². The van der Waals surface area contributed by atoms with Crippen molar-refractivity contribution in [3.8, 4) is 0 Å². The number of nitrogens with one attached hydrogen (secondary N) is 1. The fourth-order valence-electron chi connectivity index (χ4n) is 2.25. The summed E-state index contributed by atoms with van der Waals surface area (Å²) in [5, 5.41) is 6.88. The van der Waals surface area contributed by atoms with E-state index in [1.165, 1.54) is 0 Å². The molecule has 1 N–H and O–H groups in total. The van der Waals surface area contributed by atoms with Crippen LogP contribution in [0.4, 0.5) is 16.6 Å². The Hall–Kier alpha value is -2.64. The van der Waals surface area contributed by atoms with Gasteiger partial charge in [0.2, 0.25) is 5.95 Å². The summed E-state index contributed by atoms with van der Waals surface area (Å²) < 4.78 is 1.63. The van der Waals surface area contributed by atoms with Crippen molar-refractivity contribution in [1.82, 2.24) is 24.6 Å². The molecule has 2 aromatic heterocycles. The summed E-state index contributed by atoms with van der Waals surface area (Å²) in [5.74, 6) is 1.40. The molecular formula is C13H17N7O. The molecular weight excluding hydrogens is 270 g/mol. The minimum atomic E-state index is -0.104. The Balaban J connectivity index is 1.56. The van der Waals surface area contributed by atoms with E-state index in [9.17, 15) is 4.79 Å². The first kappa shape index (κ1) is 13.3. The first-order valence-corrected chi connectivity index (χ1v) is 6.80. The minimum absolute atomic E-state index is 0.104. The van der Waals surface area contributed by atoms with Gasteiger partial charge in [0, 0.05) is 51.7 Å². The van der Waals surface area contributed by atoms with E-state index < -0.39 is 0 Å². The third-order valence-electron chi connectivity index (χ3n) is 3.46. The summed E-state index contributed by atoms with van der Waals surface area (Å²) in [7, 11) is 1.79. The zero-order valence-electron chi connectivity index (χ0n) is 11.8. The molecule has 8 nitrogen and oxygen atoms in total. The van der Waals surface area contributed by atoms with Gasteiger partial charge in [-0.15, -0.1) is 0 Å². The first-order chi connectivity index (χ1) is 10.2. The van der Waals surface area contributed by atoms with Crippen LogP contribution >= 0.6 is 0 Å². The molecule has 1 saturated heterocycles. The number of rotatable bonds is 2. The number of carbonyl (C=O) groups excluding carboxylic acids is 1. The molecule has 2 amide bonds. The lowest BCUT2D eigenvalue weighted by atomic mass is 10.3. The van der Waals surface area contributed by atoms with Crippen molar-refractivity contribution in [1.29, 1.82) is 0 Å². The zero-order valence-corrected chi connectivity index (χ0v) is 11.8. The van der Waals surface area contributed by atoms with Gasteiger partial charge in [-0.2, -0.15) is 5.10 Å². The van der Waals surface area contributed by atoms with Crippen molar-refractivity contribution in [2.24, 2.45) is 7.05 Å². The zero-order chi connectivity index (χ0) is 14.7. The van der Waals surface area contributed by atoms with Crippen LogP contribution in [0.15, 0.2) is 30.7 Å². The Kier molecular flexibility index (Phi) is 3.67. The summed E-state index contributed by atoms with van der Waals surface area (Å²) in [6, 6.07) is 3.46. The Bertz CT molecular complexity index is 604. The largest absolute Gasteiger partial charge is 0.337 e. The lowest BCUT2D eigenvalue weighted by molar-refractivity contribution is 0.207. The molecule has 0 aliphatic carbocycles. The molecule has 0 atom stereocenters. The molecule has 0 bridgehead atoms. The van der Waals surface area contributed by atoms with E-state index in [1.54, 1.807) is 47.4 Å². The van der Waals surface area contributed by atoms with Gasteiger partial charge in [0.1, 0.15) is 5.82 Å². The number of urea groups is 1. The van der Waals surface area contributed by atoms with Gasteiger partial charge in [0.05, 0.1) is 6.20 Å². The van der Waals surface area contributed by atoms with Crippen molar-refractivity contribution in [2.45, 2.75) is 0 Å². The van der Waals surface area contributed by atoms with Crippen molar-refractivity contribution < 1.29 is 4.79 Å². The van der Waals surface area contributed by atoms with Crippen LogP contribution in [0, 0.1) is 0 Å². The number of hydrogen-bond donors (Lipinski definition) is 1. The molecule has 0 radical (unpaired) electrons. The molecule has 8 heteroatoms. The maximum absolute atomic E-state index is 12.2. The van der Waals surface area contributed by atoms with Crippen LogP contribution in [0.3, 0.4) is 0 Å². The highest BCUT2D eigenvalue weighted by Crippen LogP contribution is 2.11. The molecule has 3 rings (SSSR count). The van der Waals surface area contributed by atoms with E-state index in [0.717, 1.165) is 13.1 Å². The van der Waals surface area contributed by atoms with Crippen LogP contribution in [-0.2, 0) is 7.05 Å². The Morgan fingerprint density at radius 3 is 2.48 bits per heavy atom. The molecule has 0 unspecified atom stereocenters. The molecule has 110 valence electrons. The third-order valence-corrected chi connectivity index (χ3v) is 3.46. The van der Waals surface area contributed by atoms with Crippen LogP contribution in [0.2, 0.25) is 0 Å². The van der Waals surface area contributed by atoms with E-state index in [4.69, 9.17) is 0 Å². The predicted octanol–water partition coefficient (Wildman–Crippen LogP) is 0.564. The molecule has 1 aliphatic heterocycles. The Morgan fingerprint density at radius 2 is 1.86 bits per heavy atom. The highest BCUT2D eigenvalue weighted by Gasteiger charge is 2.22. The van der Waals surface area contributed by atoms with Crippen molar-refractivity contribution in [3.63, 3.8) is 0 Å². The second-order valence-electron chi connectivity index (χ2n) is 4.79. The van der Waals surface area contributed by atoms with Crippen LogP contribution in [0.5, 0.6) is 0 Å². The SMILES string of the molecule is Cn1nccc1NC(=O)N1CCN(c2ncccn2)CC1. The molecule has 21 heavy (non-hydrogen) atoms. The maximum atomic E-state index is 12.2. The molecule has 1 fully saturated rings. The van der Waals surface area contributed by atoms with E-state index in [0.29, 0.717) is 24.9 Å². The second kappa shape index (κ2) is 5.78. The van der Waals surface area contributed by atoms with E-state index in [1.807, 2.05) is 0 Å². The fourth-order valence-corrected chi connectivity index (χ4v) is 2.25. The number of piperazine rings is 1. The van der Waals surface area contributed by atoms with Gasteiger partial charge in [0.25, 0.3) is 0 Å². The second-order valence-corrected chi connectivity index (χ2v) is 4.79. The Labute approximate surface area is 122 Å². The average molecular weight is 287 g/mol. The van der Waals surface area contributed by atoms with Crippen LogP contribution in [0.25, 0.3) is 0 Å². The quantitative estimate of drug-likeness (QED) is 0.873. The van der Waals surface area contributed by atoms with Gasteiger partial charge in [-0.25, -0.2) is 14.8 Å². The first-order valence-electron chi connectivity index (χ1n) is 6.80. The highest BCUT2D eigenvalue weighted by atomic mass is 16.2. The lowest BCUT2D eigenvalue weighted by Crippen LogP contribution is -2.50. The van der Waals surface area contributed by atoms with Crippen molar-refractivity contribution in [2.75, 3.05) is 36.4 Å². The maximum Gasteiger partial charge on any atom is 0.323 e. The van der Waals surface area contributed by atoms with Crippen LogP contribution in [0.1, 0.15) is 0 Å². The van der Waals surface area contributed by atoms with Gasteiger partial charge in [-0.05, 0) is 6.07 Å². The number of carbonyl (C=O) groups is 1. The number of aryl methyl sites for hydroxylation is 1. The van der Waals surface area contributed by atoms with Gasteiger partial charge in [-0.3, -0.25) is 10.00 Å². The van der Waals surface area contributed by atoms with Gasteiger partial charge < -0.3 is 9.80 Å². The summed E-state index contributed by atoms with van der Waals surface area (Å²) in [6.07, 6.45) is 5.11. The topological polar surface area (TPSA) is 79.2 Å². The number of anilines is 2. The molecule has 1 aliphatic rings. The smallest absolute Gasteiger partial charge is 0.323 e. The third kappa shape index (κ3) is 2.93. The monoisotopic (exact) mass is 287 g/mol. The number of amides is 2. The number of nitrogens with zero attached hydrogens (tertiary/aromatic N) is 6. The van der Waals surface area contributed by atoms with E-state index >= 15 is 0 Å². The van der Waals surface area contributed by atoms with Crippen LogP contribution in [-0.4, -0.2) is 56.9 Å². The molecule has 0 aromatic carbocycles. The minimum Gasteiger partial charge on any atom is -0.337 e. The molecule has 2 aromatic rings. The standard InChI is InChI=1S/C13H17N7O/c1-18-11(3-6-16-18)17-13(21)20-9-7-19(8-10-20)12-14-4-2-5-15-12/h2-6H,7-10H2,1H3,(H,17,21). The van der Waals surface area contributed by atoms with Gasteiger partial charge >= 0.3 is 6.03 Å². The Morgan fingerprint density at radius 1 is 1.14 bits per heavy atom. The molecule has 0 spiro atoms. The van der Waals surface area contributed by atoms with Gasteiger partial charge in [-0.1, -0.05) is 0 Å². The summed E-state index contributed by atoms with van der Waals surface area (Å²) in [5.41, 5.74) is 0. The fraction of sp³-hybridized carbons (Fsp3) is 0.385. The van der Waals surface area contributed by atoms with E-state index in [-0.39, 0.29) is 6.03 Å². The average Bonchev–Trinajstić information content (AvgIpc) is 2.93.